The van der Waals surface area contributed by atoms with Crippen LogP contribution in [0.4, 0.5) is 4.79 Å². The number of carbonyl (C=O) groups is 1. The standard InChI is InChI=1S/C17H34N4O4.HI/c1-17(2,3)25-16(22)21-10-8-20(9-11-21)15(18)19-7-5-6-12-24-14-13-23-4;/h5-14H2,1-4H3,(H2,18,19);1H. The zero-order valence-corrected chi connectivity index (χ0v) is 18.9. The van der Waals surface area contributed by atoms with Crippen LogP contribution in [0.3, 0.4) is 0 Å². The van der Waals surface area contributed by atoms with E-state index < -0.39 is 5.60 Å². The predicted octanol–water partition coefficient (Wildman–Crippen LogP) is 1.91. The Morgan fingerprint density at radius 2 is 1.65 bits per heavy atom. The van der Waals surface area contributed by atoms with Crippen molar-refractivity contribution < 1.29 is 19.0 Å². The SMILES string of the molecule is COCCOCCCCN=C(N)N1CCN(C(=O)OC(C)(C)C)CC1.I. The molecule has 2 N–H and O–H groups in total. The quantitative estimate of drug-likeness (QED) is 0.244. The number of halogens is 1. The van der Waals surface area contributed by atoms with E-state index in [1.54, 1.807) is 12.0 Å². The van der Waals surface area contributed by atoms with Gasteiger partial charge in [0.25, 0.3) is 0 Å². The molecule has 26 heavy (non-hydrogen) atoms. The van der Waals surface area contributed by atoms with E-state index in [9.17, 15) is 4.79 Å². The number of methoxy groups -OCH3 is 1. The Hall–Kier alpha value is -0.810. The van der Waals surface area contributed by atoms with Crippen molar-refractivity contribution in [3.8, 4) is 0 Å². The first-order valence-corrected chi connectivity index (χ1v) is 8.93. The third kappa shape index (κ3) is 11.0. The maximum absolute atomic E-state index is 12.0. The second-order valence-corrected chi connectivity index (χ2v) is 7.01. The molecule has 0 spiro atoms. The molecule has 1 amide bonds. The van der Waals surface area contributed by atoms with Crippen LogP contribution in [0.1, 0.15) is 33.6 Å². The van der Waals surface area contributed by atoms with Crippen molar-refractivity contribution in [2.24, 2.45) is 10.7 Å². The van der Waals surface area contributed by atoms with Gasteiger partial charge in [-0.15, -0.1) is 24.0 Å². The van der Waals surface area contributed by atoms with Gasteiger partial charge in [-0.25, -0.2) is 4.79 Å². The van der Waals surface area contributed by atoms with Crippen molar-refractivity contribution in [1.29, 1.82) is 0 Å². The Balaban J connectivity index is 0.00000625. The minimum atomic E-state index is -0.470. The monoisotopic (exact) mass is 486 g/mol. The van der Waals surface area contributed by atoms with E-state index in [0.717, 1.165) is 12.8 Å². The molecule has 9 heteroatoms. The zero-order chi connectivity index (χ0) is 18.7. The molecular weight excluding hydrogens is 451 g/mol. The molecule has 1 heterocycles. The van der Waals surface area contributed by atoms with Crippen molar-refractivity contribution >= 4 is 36.0 Å². The number of ether oxygens (including phenoxy) is 3. The molecule has 1 aliphatic heterocycles. The van der Waals surface area contributed by atoms with Gasteiger partial charge in [0.05, 0.1) is 13.2 Å². The van der Waals surface area contributed by atoms with Crippen LogP contribution in [0.25, 0.3) is 0 Å². The molecule has 0 aromatic rings. The first kappa shape index (κ1) is 25.2. The zero-order valence-electron chi connectivity index (χ0n) is 16.5. The summed E-state index contributed by atoms with van der Waals surface area (Å²) in [5, 5.41) is 0. The highest BCUT2D eigenvalue weighted by molar-refractivity contribution is 14.0. The highest BCUT2D eigenvalue weighted by Crippen LogP contribution is 2.11. The van der Waals surface area contributed by atoms with E-state index in [0.29, 0.717) is 58.5 Å². The number of nitrogens with two attached hydrogens (primary N) is 1. The van der Waals surface area contributed by atoms with E-state index in [1.165, 1.54) is 0 Å². The second-order valence-electron chi connectivity index (χ2n) is 7.01. The van der Waals surface area contributed by atoms with Gasteiger partial charge in [-0.05, 0) is 33.6 Å². The predicted molar refractivity (Wildman–Crippen MR) is 113 cm³/mol. The molecule has 154 valence electrons. The molecule has 0 radical (unpaired) electrons. The summed E-state index contributed by atoms with van der Waals surface area (Å²) in [6, 6.07) is 0. The number of amides is 1. The Labute approximate surface area is 174 Å². The third-order valence-corrected chi connectivity index (χ3v) is 3.66. The molecule has 1 saturated heterocycles. The van der Waals surface area contributed by atoms with Gasteiger partial charge in [0.2, 0.25) is 0 Å². The smallest absolute Gasteiger partial charge is 0.410 e. The fourth-order valence-corrected chi connectivity index (χ4v) is 2.30. The number of rotatable bonds is 8. The summed E-state index contributed by atoms with van der Waals surface area (Å²) in [6.45, 7) is 10.8. The van der Waals surface area contributed by atoms with Crippen molar-refractivity contribution in [3.63, 3.8) is 0 Å². The van der Waals surface area contributed by atoms with Crippen LogP contribution >= 0.6 is 24.0 Å². The second kappa shape index (κ2) is 13.4. The largest absolute Gasteiger partial charge is 0.444 e. The van der Waals surface area contributed by atoms with Crippen molar-refractivity contribution in [2.75, 3.05) is 59.7 Å². The van der Waals surface area contributed by atoms with Gasteiger partial charge in [-0.3, -0.25) is 4.99 Å². The lowest BCUT2D eigenvalue weighted by molar-refractivity contribution is 0.0186. The first-order chi connectivity index (χ1) is 11.8. The molecule has 0 atom stereocenters. The molecule has 0 unspecified atom stereocenters. The first-order valence-electron chi connectivity index (χ1n) is 8.93. The van der Waals surface area contributed by atoms with Crippen LogP contribution in [-0.4, -0.2) is 87.1 Å². The number of guanidine groups is 1. The summed E-state index contributed by atoms with van der Waals surface area (Å²) >= 11 is 0. The normalized spacial score (nSPS) is 15.6. The average molecular weight is 486 g/mol. The lowest BCUT2D eigenvalue weighted by Crippen LogP contribution is -2.53. The van der Waals surface area contributed by atoms with E-state index in [-0.39, 0.29) is 30.1 Å². The molecule has 1 fully saturated rings. The van der Waals surface area contributed by atoms with Gasteiger partial charge in [0.15, 0.2) is 5.96 Å². The number of carbonyl (C=O) groups excluding carboxylic acids is 1. The fraction of sp³-hybridized carbons (Fsp3) is 0.882. The Morgan fingerprint density at radius 1 is 1.04 bits per heavy atom. The molecule has 0 aromatic heterocycles. The van der Waals surface area contributed by atoms with Crippen LogP contribution in [-0.2, 0) is 14.2 Å². The highest BCUT2D eigenvalue weighted by Gasteiger charge is 2.26. The molecule has 0 aliphatic carbocycles. The van der Waals surface area contributed by atoms with Gasteiger partial charge < -0.3 is 29.7 Å². The van der Waals surface area contributed by atoms with E-state index in [4.69, 9.17) is 19.9 Å². The van der Waals surface area contributed by atoms with E-state index in [1.807, 2.05) is 25.7 Å². The summed E-state index contributed by atoms with van der Waals surface area (Å²) in [5.74, 6) is 0.546. The van der Waals surface area contributed by atoms with Crippen LogP contribution in [0, 0.1) is 0 Å². The fourth-order valence-electron chi connectivity index (χ4n) is 2.30. The summed E-state index contributed by atoms with van der Waals surface area (Å²) in [7, 11) is 1.66. The van der Waals surface area contributed by atoms with Gasteiger partial charge in [0, 0.05) is 46.4 Å². The van der Waals surface area contributed by atoms with Gasteiger partial charge in [-0.2, -0.15) is 0 Å². The third-order valence-electron chi connectivity index (χ3n) is 3.66. The van der Waals surface area contributed by atoms with E-state index in [2.05, 4.69) is 4.99 Å². The number of nitrogens with zero attached hydrogens (tertiary/aromatic N) is 3. The van der Waals surface area contributed by atoms with Gasteiger partial charge in [0.1, 0.15) is 5.60 Å². The number of unbranched alkanes of at least 4 members (excludes halogenated alkanes) is 1. The topological polar surface area (TPSA) is 89.6 Å². The molecule has 8 nitrogen and oxygen atoms in total. The van der Waals surface area contributed by atoms with Crippen LogP contribution in [0.15, 0.2) is 4.99 Å². The Morgan fingerprint density at radius 3 is 2.23 bits per heavy atom. The molecule has 0 saturated carbocycles. The molecule has 1 rings (SSSR count). The van der Waals surface area contributed by atoms with E-state index >= 15 is 0 Å². The number of piperazine rings is 1. The van der Waals surface area contributed by atoms with Crippen molar-refractivity contribution in [3.05, 3.63) is 0 Å². The molecule has 0 bridgehead atoms. The number of hydrogen-bond donors (Lipinski definition) is 1. The lowest BCUT2D eigenvalue weighted by atomic mass is 10.2. The van der Waals surface area contributed by atoms with Crippen LogP contribution in [0.5, 0.6) is 0 Å². The Kier molecular flexibility index (Phi) is 13.0. The molecular formula is C17H35IN4O4. The maximum Gasteiger partial charge on any atom is 0.410 e. The molecule has 0 aromatic carbocycles. The van der Waals surface area contributed by atoms with Gasteiger partial charge in [-0.1, -0.05) is 0 Å². The molecule has 1 aliphatic rings. The Bertz CT molecular complexity index is 421. The number of hydrogen-bond acceptors (Lipinski definition) is 5. The number of aliphatic imine (C=N–C) groups is 1. The summed E-state index contributed by atoms with van der Waals surface area (Å²) < 4.78 is 15.7. The summed E-state index contributed by atoms with van der Waals surface area (Å²) in [6.07, 6.45) is 1.62. The van der Waals surface area contributed by atoms with Crippen molar-refractivity contribution in [2.45, 2.75) is 39.2 Å². The minimum Gasteiger partial charge on any atom is -0.444 e. The maximum atomic E-state index is 12.0. The van der Waals surface area contributed by atoms with Crippen molar-refractivity contribution in [1.82, 2.24) is 9.80 Å². The van der Waals surface area contributed by atoms with Crippen LogP contribution in [0.2, 0.25) is 0 Å². The van der Waals surface area contributed by atoms with Gasteiger partial charge >= 0.3 is 6.09 Å². The average Bonchev–Trinajstić information content (AvgIpc) is 2.55. The highest BCUT2D eigenvalue weighted by atomic mass is 127. The minimum absolute atomic E-state index is 0. The lowest BCUT2D eigenvalue weighted by Gasteiger charge is -2.36. The summed E-state index contributed by atoms with van der Waals surface area (Å²) in [4.78, 5) is 20.2. The summed E-state index contributed by atoms with van der Waals surface area (Å²) in [5.41, 5.74) is 5.58. The van der Waals surface area contributed by atoms with Crippen LogP contribution < -0.4 is 5.73 Å².